The molecular weight excluding hydrogens is 464 g/mol. The van der Waals surface area contributed by atoms with Gasteiger partial charge in [0.25, 0.3) is 21.5 Å². The smallest absolute Gasteiger partial charge is 0.296 e. The molecule has 0 saturated heterocycles. The number of nitrogens with zero attached hydrogens (tertiary/aromatic N) is 2. The van der Waals surface area contributed by atoms with Gasteiger partial charge in [0.1, 0.15) is 5.69 Å². The largest absolute Gasteiger partial charge is 0.322 e. The Morgan fingerprint density at radius 3 is 2.17 bits per heavy atom. The van der Waals surface area contributed by atoms with Crippen molar-refractivity contribution in [3.63, 3.8) is 0 Å². The standard InChI is InChI=1S/C26H26N4O4S/c1-17-10-15-23(18(2)16-17)27-25(31)20-11-13-22(14-12-20)35(33,34)28-24-19(3)29(4)30(26(24)32)21-8-6-5-7-9-21/h5-16,28H,1-4H3,(H,27,31). The van der Waals surface area contributed by atoms with Crippen molar-refractivity contribution in [2.75, 3.05) is 10.0 Å². The molecule has 0 aliphatic rings. The fraction of sp³-hybridized carbons (Fsp3) is 0.154. The topological polar surface area (TPSA) is 102 Å². The molecule has 4 aromatic rings. The second kappa shape index (κ2) is 9.27. The maximum absolute atomic E-state index is 13.0. The van der Waals surface area contributed by atoms with Crippen LogP contribution >= 0.6 is 0 Å². The Morgan fingerprint density at radius 2 is 1.54 bits per heavy atom. The summed E-state index contributed by atoms with van der Waals surface area (Å²) in [4.78, 5) is 25.6. The first-order valence-electron chi connectivity index (χ1n) is 10.9. The quantitative estimate of drug-likeness (QED) is 0.424. The number of amides is 1. The fourth-order valence-electron chi connectivity index (χ4n) is 3.81. The number of nitrogens with one attached hydrogen (secondary N) is 2. The van der Waals surface area contributed by atoms with E-state index in [9.17, 15) is 18.0 Å². The molecule has 0 bridgehead atoms. The van der Waals surface area contributed by atoms with Crippen LogP contribution in [0.3, 0.4) is 0 Å². The summed E-state index contributed by atoms with van der Waals surface area (Å²) in [6.07, 6.45) is 0. The second-order valence-electron chi connectivity index (χ2n) is 8.34. The van der Waals surface area contributed by atoms with Crippen molar-refractivity contribution in [3.8, 4) is 5.69 Å². The fourth-order valence-corrected chi connectivity index (χ4v) is 4.93. The van der Waals surface area contributed by atoms with Gasteiger partial charge in [0, 0.05) is 18.3 Å². The van der Waals surface area contributed by atoms with E-state index < -0.39 is 15.6 Å². The van der Waals surface area contributed by atoms with Crippen molar-refractivity contribution < 1.29 is 13.2 Å². The van der Waals surface area contributed by atoms with E-state index in [0.29, 0.717) is 22.6 Å². The van der Waals surface area contributed by atoms with E-state index in [0.717, 1.165) is 11.1 Å². The third kappa shape index (κ3) is 4.76. The summed E-state index contributed by atoms with van der Waals surface area (Å²) in [5.41, 5.74) is 3.59. The molecule has 35 heavy (non-hydrogen) atoms. The highest BCUT2D eigenvalue weighted by molar-refractivity contribution is 7.92. The lowest BCUT2D eigenvalue weighted by atomic mass is 10.1. The van der Waals surface area contributed by atoms with Crippen LogP contribution in [0.25, 0.3) is 5.69 Å². The molecule has 3 aromatic carbocycles. The van der Waals surface area contributed by atoms with E-state index in [1.807, 2.05) is 38.1 Å². The lowest BCUT2D eigenvalue weighted by Gasteiger charge is -2.10. The Morgan fingerprint density at radius 1 is 0.886 bits per heavy atom. The number of hydrogen-bond donors (Lipinski definition) is 2. The first-order chi connectivity index (χ1) is 16.6. The van der Waals surface area contributed by atoms with Gasteiger partial charge >= 0.3 is 0 Å². The van der Waals surface area contributed by atoms with Crippen LogP contribution in [0.4, 0.5) is 11.4 Å². The molecule has 0 fully saturated rings. The van der Waals surface area contributed by atoms with Gasteiger partial charge in [-0.15, -0.1) is 0 Å². The lowest BCUT2D eigenvalue weighted by Crippen LogP contribution is -2.23. The molecule has 9 heteroatoms. The third-order valence-corrected chi connectivity index (χ3v) is 7.21. The molecular formula is C26H26N4O4S. The normalized spacial score (nSPS) is 11.3. The van der Waals surface area contributed by atoms with Gasteiger partial charge in [0.2, 0.25) is 0 Å². The number of anilines is 2. The zero-order valence-corrected chi connectivity index (χ0v) is 20.7. The predicted molar refractivity (Wildman–Crippen MR) is 137 cm³/mol. The number of sulfonamides is 1. The SMILES string of the molecule is Cc1ccc(NC(=O)c2ccc(S(=O)(=O)Nc3c(C)n(C)n(-c4ccccc4)c3=O)cc2)c(C)c1. The van der Waals surface area contributed by atoms with Crippen LogP contribution in [-0.4, -0.2) is 23.7 Å². The molecule has 2 N–H and O–H groups in total. The Labute approximate surface area is 203 Å². The number of carbonyl (C=O) groups is 1. The first kappa shape index (κ1) is 24.0. The van der Waals surface area contributed by atoms with Crippen molar-refractivity contribution in [2.24, 2.45) is 7.05 Å². The van der Waals surface area contributed by atoms with Crippen LogP contribution in [0.2, 0.25) is 0 Å². The summed E-state index contributed by atoms with van der Waals surface area (Å²) in [7, 11) is -2.38. The third-order valence-electron chi connectivity index (χ3n) is 5.85. The second-order valence-corrected chi connectivity index (χ2v) is 10.0. The van der Waals surface area contributed by atoms with Crippen LogP contribution in [0.5, 0.6) is 0 Å². The van der Waals surface area contributed by atoms with Gasteiger partial charge in [-0.1, -0.05) is 35.9 Å². The van der Waals surface area contributed by atoms with Crippen LogP contribution in [0.1, 0.15) is 27.2 Å². The van der Waals surface area contributed by atoms with Crippen molar-refractivity contribution in [1.29, 1.82) is 0 Å². The molecule has 8 nitrogen and oxygen atoms in total. The zero-order valence-electron chi connectivity index (χ0n) is 19.9. The van der Waals surface area contributed by atoms with E-state index in [-0.39, 0.29) is 16.5 Å². The summed E-state index contributed by atoms with van der Waals surface area (Å²) >= 11 is 0. The maximum Gasteiger partial charge on any atom is 0.296 e. The zero-order chi connectivity index (χ0) is 25.3. The van der Waals surface area contributed by atoms with Gasteiger partial charge < -0.3 is 5.32 Å². The molecule has 0 atom stereocenters. The molecule has 0 saturated carbocycles. The molecule has 0 spiro atoms. The minimum atomic E-state index is -4.07. The molecule has 180 valence electrons. The van der Waals surface area contributed by atoms with E-state index in [4.69, 9.17) is 0 Å². The number of aromatic nitrogens is 2. The first-order valence-corrected chi connectivity index (χ1v) is 12.4. The molecule has 1 aromatic heterocycles. The van der Waals surface area contributed by atoms with Crippen LogP contribution < -0.4 is 15.6 Å². The van der Waals surface area contributed by atoms with Crippen molar-refractivity contribution in [1.82, 2.24) is 9.36 Å². The monoisotopic (exact) mass is 490 g/mol. The molecule has 1 heterocycles. The van der Waals surface area contributed by atoms with E-state index >= 15 is 0 Å². The van der Waals surface area contributed by atoms with Gasteiger partial charge in [-0.2, -0.15) is 0 Å². The van der Waals surface area contributed by atoms with E-state index in [2.05, 4.69) is 10.0 Å². The summed E-state index contributed by atoms with van der Waals surface area (Å²) in [5.74, 6) is -0.349. The lowest BCUT2D eigenvalue weighted by molar-refractivity contribution is 0.102. The Balaban J connectivity index is 1.57. The average Bonchev–Trinajstić information content (AvgIpc) is 3.04. The minimum Gasteiger partial charge on any atom is -0.322 e. The average molecular weight is 491 g/mol. The van der Waals surface area contributed by atoms with E-state index in [1.54, 1.807) is 42.9 Å². The molecule has 0 aliphatic heterocycles. The summed E-state index contributed by atoms with van der Waals surface area (Å²) in [6.45, 7) is 5.54. The summed E-state index contributed by atoms with van der Waals surface area (Å²) in [5, 5.41) is 2.84. The van der Waals surface area contributed by atoms with Crippen molar-refractivity contribution in [3.05, 3.63) is 106 Å². The molecule has 0 radical (unpaired) electrons. The predicted octanol–water partition coefficient (Wildman–Crippen LogP) is 4.15. The number of benzene rings is 3. The number of hydrogen-bond acceptors (Lipinski definition) is 4. The highest BCUT2D eigenvalue weighted by atomic mass is 32.2. The Bertz CT molecular complexity index is 1570. The van der Waals surface area contributed by atoms with Crippen molar-refractivity contribution >= 4 is 27.3 Å². The molecule has 4 rings (SSSR count). The Kier molecular flexibility index (Phi) is 6.36. The van der Waals surface area contributed by atoms with Gasteiger partial charge in [-0.3, -0.25) is 19.0 Å². The summed E-state index contributed by atoms with van der Waals surface area (Å²) < 4.78 is 31.5. The number of rotatable bonds is 6. The molecule has 0 unspecified atom stereocenters. The minimum absolute atomic E-state index is 0.0342. The van der Waals surface area contributed by atoms with Crippen molar-refractivity contribution in [2.45, 2.75) is 25.7 Å². The van der Waals surface area contributed by atoms with Gasteiger partial charge in [0.05, 0.1) is 16.3 Å². The maximum atomic E-state index is 13.0. The highest BCUT2D eigenvalue weighted by Crippen LogP contribution is 2.21. The van der Waals surface area contributed by atoms with Crippen LogP contribution in [0, 0.1) is 20.8 Å². The van der Waals surface area contributed by atoms with Gasteiger partial charge in [0.15, 0.2) is 0 Å². The number of carbonyl (C=O) groups excluding carboxylic acids is 1. The highest BCUT2D eigenvalue weighted by Gasteiger charge is 2.23. The Hall–Kier alpha value is -4.11. The number of aryl methyl sites for hydroxylation is 2. The van der Waals surface area contributed by atoms with Crippen LogP contribution in [0.15, 0.2) is 82.5 Å². The summed E-state index contributed by atoms with van der Waals surface area (Å²) in [6, 6.07) is 20.2. The molecule has 1 amide bonds. The van der Waals surface area contributed by atoms with E-state index in [1.165, 1.54) is 28.9 Å². The van der Waals surface area contributed by atoms with Crippen LogP contribution in [-0.2, 0) is 17.1 Å². The number of para-hydroxylation sites is 1. The molecule has 0 aliphatic carbocycles. The van der Waals surface area contributed by atoms with Gasteiger partial charge in [-0.25, -0.2) is 13.1 Å². The van der Waals surface area contributed by atoms with Gasteiger partial charge in [-0.05, 0) is 68.8 Å².